The van der Waals surface area contributed by atoms with Crippen molar-refractivity contribution >= 4 is 17.6 Å². The molecule has 31 heavy (non-hydrogen) atoms. The summed E-state index contributed by atoms with van der Waals surface area (Å²) in [5.41, 5.74) is 2.22. The van der Waals surface area contributed by atoms with Crippen LogP contribution in [0.25, 0.3) is 11.1 Å². The fourth-order valence-corrected chi connectivity index (χ4v) is 3.04. The third kappa shape index (κ3) is 5.14. The summed E-state index contributed by atoms with van der Waals surface area (Å²) in [5.74, 6) is 0.214. The first-order chi connectivity index (χ1) is 15.1. The van der Waals surface area contributed by atoms with Gasteiger partial charge in [-0.05, 0) is 11.6 Å². The third-order valence-electron chi connectivity index (χ3n) is 4.53. The molecule has 7 heteroatoms. The number of methoxy groups -OCH3 is 3. The first-order valence-electron chi connectivity index (χ1n) is 9.48. The fourth-order valence-electron chi connectivity index (χ4n) is 3.04. The molecule has 0 unspecified atom stereocenters. The van der Waals surface area contributed by atoms with Crippen molar-refractivity contribution in [2.45, 2.75) is 0 Å². The molecule has 3 aromatic rings. The zero-order chi connectivity index (χ0) is 22.2. The molecule has 0 aliphatic rings. The minimum absolute atomic E-state index is 0.137. The maximum atomic E-state index is 12.6. The lowest BCUT2D eigenvalue weighted by Crippen LogP contribution is -2.22. The topological polar surface area (TPSA) is 83.1 Å². The molecule has 0 bridgehead atoms. The van der Waals surface area contributed by atoms with Crippen LogP contribution in [-0.2, 0) is 9.53 Å². The largest absolute Gasteiger partial charge is 0.493 e. The first-order valence-corrected chi connectivity index (χ1v) is 9.48. The molecule has 0 saturated heterocycles. The number of nitrogens with one attached hydrogen (secondary N) is 1. The molecule has 3 rings (SSSR count). The number of rotatable bonds is 8. The molecule has 0 fully saturated rings. The monoisotopic (exact) mass is 421 g/mol. The van der Waals surface area contributed by atoms with E-state index >= 15 is 0 Å². The summed E-state index contributed by atoms with van der Waals surface area (Å²) < 4.78 is 21.1. The molecule has 0 heterocycles. The van der Waals surface area contributed by atoms with Crippen LogP contribution in [0.2, 0.25) is 0 Å². The van der Waals surface area contributed by atoms with Gasteiger partial charge < -0.3 is 24.3 Å². The Hall–Kier alpha value is -4.00. The fraction of sp³-hybridized carbons (Fsp3) is 0.167. The van der Waals surface area contributed by atoms with Crippen LogP contribution in [0.15, 0.2) is 66.7 Å². The van der Waals surface area contributed by atoms with E-state index in [1.807, 2.05) is 48.5 Å². The maximum Gasteiger partial charge on any atom is 0.340 e. The molecule has 1 amide bonds. The first kappa shape index (κ1) is 21.7. The highest BCUT2D eigenvalue weighted by Crippen LogP contribution is 2.34. The van der Waals surface area contributed by atoms with E-state index in [1.165, 1.54) is 33.5 Å². The minimum atomic E-state index is -0.619. The van der Waals surface area contributed by atoms with Gasteiger partial charge in [0.05, 0.1) is 32.6 Å². The predicted octanol–water partition coefficient (Wildman–Crippen LogP) is 4.17. The van der Waals surface area contributed by atoms with Crippen molar-refractivity contribution in [2.75, 3.05) is 33.3 Å². The Morgan fingerprint density at radius 2 is 1.45 bits per heavy atom. The number of esters is 1. The van der Waals surface area contributed by atoms with E-state index in [1.54, 1.807) is 6.07 Å². The second-order valence-electron chi connectivity index (χ2n) is 6.44. The number of benzene rings is 3. The third-order valence-corrected chi connectivity index (χ3v) is 4.53. The molecule has 1 N–H and O–H groups in total. The lowest BCUT2D eigenvalue weighted by Gasteiger charge is -2.15. The van der Waals surface area contributed by atoms with E-state index in [0.717, 1.165) is 11.1 Å². The van der Waals surface area contributed by atoms with Gasteiger partial charge >= 0.3 is 5.97 Å². The van der Waals surface area contributed by atoms with Crippen LogP contribution in [0, 0.1) is 0 Å². The van der Waals surface area contributed by atoms with Gasteiger partial charge in [0.1, 0.15) is 5.75 Å². The van der Waals surface area contributed by atoms with Gasteiger partial charge in [0.15, 0.2) is 18.1 Å². The van der Waals surface area contributed by atoms with Crippen molar-refractivity contribution in [3.05, 3.63) is 72.3 Å². The summed E-state index contributed by atoms with van der Waals surface area (Å²) in [6.45, 7) is -0.251. The highest BCUT2D eigenvalue weighted by atomic mass is 16.5. The summed E-state index contributed by atoms with van der Waals surface area (Å²) in [6.07, 6.45) is 0. The highest BCUT2D eigenvalue weighted by molar-refractivity contribution is 6.02. The molecule has 0 radical (unpaired) electrons. The summed E-state index contributed by atoms with van der Waals surface area (Å²) in [7, 11) is 4.17. The van der Waals surface area contributed by atoms with Crippen LogP contribution in [0.3, 0.4) is 0 Å². The molecule has 0 saturated carbocycles. The van der Waals surface area contributed by atoms with Crippen molar-refractivity contribution in [1.82, 2.24) is 0 Å². The average Bonchev–Trinajstić information content (AvgIpc) is 2.82. The van der Waals surface area contributed by atoms with Gasteiger partial charge in [-0.1, -0.05) is 48.5 Å². The molecule has 0 aliphatic heterocycles. The van der Waals surface area contributed by atoms with E-state index in [4.69, 9.17) is 18.9 Å². The van der Waals surface area contributed by atoms with Crippen LogP contribution in [0.1, 0.15) is 10.4 Å². The number of para-hydroxylation sites is 1. The average molecular weight is 421 g/mol. The van der Waals surface area contributed by atoms with E-state index < -0.39 is 11.9 Å². The van der Waals surface area contributed by atoms with Crippen molar-refractivity contribution in [3.63, 3.8) is 0 Å². The number of anilines is 1. The standard InChI is InChI=1S/C24H23NO6/c1-28-21-13-18(24(27)30-3)19(14-22(21)29-2)25-23(26)15-31-20-12-8-7-11-17(20)16-9-5-4-6-10-16/h4-14H,15H2,1-3H3,(H,25,26). The summed E-state index contributed by atoms with van der Waals surface area (Å²) in [6, 6.07) is 20.1. The lowest BCUT2D eigenvalue weighted by molar-refractivity contribution is -0.118. The van der Waals surface area contributed by atoms with Crippen LogP contribution in [-0.4, -0.2) is 39.8 Å². The number of hydrogen-bond acceptors (Lipinski definition) is 6. The molecule has 7 nitrogen and oxygen atoms in total. The summed E-state index contributed by atoms with van der Waals surface area (Å²) in [4.78, 5) is 24.8. The minimum Gasteiger partial charge on any atom is -0.493 e. The molecule has 160 valence electrons. The second-order valence-corrected chi connectivity index (χ2v) is 6.44. The van der Waals surface area contributed by atoms with Crippen molar-refractivity contribution in [1.29, 1.82) is 0 Å². The molecule has 3 aromatic carbocycles. The Morgan fingerprint density at radius 1 is 0.806 bits per heavy atom. The van der Waals surface area contributed by atoms with E-state index in [2.05, 4.69) is 5.32 Å². The summed E-state index contributed by atoms with van der Waals surface area (Å²) >= 11 is 0. The van der Waals surface area contributed by atoms with Gasteiger partial charge in [-0.15, -0.1) is 0 Å². The van der Waals surface area contributed by atoms with E-state index in [0.29, 0.717) is 17.2 Å². The maximum absolute atomic E-state index is 12.6. The van der Waals surface area contributed by atoms with Crippen LogP contribution in [0.5, 0.6) is 17.2 Å². The van der Waals surface area contributed by atoms with Gasteiger partial charge in [0.25, 0.3) is 5.91 Å². The zero-order valence-electron chi connectivity index (χ0n) is 17.5. The quantitative estimate of drug-likeness (QED) is 0.550. The van der Waals surface area contributed by atoms with Crippen LogP contribution >= 0.6 is 0 Å². The van der Waals surface area contributed by atoms with Crippen molar-refractivity contribution < 1.29 is 28.5 Å². The highest BCUT2D eigenvalue weighted by Gasteiger charge is 2.19. The van der Waals surface area contributed by atoms with Gasteiger partial charge in [-0.3, -0.25) is 4.79 Å². The zero-order valence-corrected chi connectivity index (χ0v) is 17.5. The number of amides is 1. The second kappa shape index (κ2) is 10.2. The number of hydrogen-bond donors (Lipinski definition) is 1. The Morgan fingerprint density at radius 3 is 2.13 bits per heavy atom. The molecule has 0 aromatic heterocycles. The SMILES string of the molecule is COC(=O)c1cc(OC)c(OC)cc1NC(=O)COc1ccccc1-c1ccccc1. The Bertz CT molecular complexity index is 1060. The Labute approximate surface area is 180 Å². The van der Waals surface area contributed by atoms with Crippen LogP contribution in [0.4, 0.5) is 5.69 Å². The van der Waals surface area contributed by atoms with Gasteiger partial charge in [-0.2, -0.15) is 0 Å². The Balaban J connectivity index is 1.79. The molecular formula is C24H23NO6. The van der Waals surface area contributed by atoms with E-state index in [-0.39, 0.29) is 17.9 Å². The number of carbonyl (C=O) groups is 2. The van der Waals surface area contributed by atoms with Crippen LogP contribution < -0.4 is 19.5 Å². The molecular weight excluding hydrogens is 398 g/mol. The number of ether oxygens (including phenoxy) is 4. The van der Waals surface area contributed by atoms with Crippen molar-refractivity contribution in [3.8, 4) is 28.4 Å². The van der Waals surface area contributed by atoms with Gasteiger partial charge in [-0.25, -0.2) is 4.79 Å². The summed E-state index contributed by atoms with van der Waals surface area (Å²) in [5, 5.41) is 2.68. The van der Waals surface area contributed by atoms with E-state index in [9.17, 15) is 9.59 Å². The molecule has 0 spiro atoms. The predicted molar refractivity (Wildman–Crippen MR) is 117 cm³/mol. The van der Waals surface area contributed by atoms with Gasteiger partial charge in [0.2, 0.25) is 0 Å². The molecule has 0 atom stereocenters. The smallest absolute Gasteiger partial charge is 0.340 e. The molecule has 0 aliphatic carbocycles. The normalized spacial score (nSPS) is 10.2. The van der Waals surface area contributed by atoms with Gasteiger partial charge in [0, 0.05) is 17.7 Å². The van der Waals surface area contributed by atoms with Crippen molar-refractivity contribution in [2.24, 2.45) is 0 Å². The number of carbonyl (C=O) groups excluding carboxylic acids is 2. The lowest BCUT2D eigenvalue weighted by atomic mass is 10.1. The Kier molecular flexibility index (Phi) is 7.11.